The highest BCUT2D eigenvalue weighted by molar-refractivity contribution is 6.35. The number of hydrogen-bond donors (Lipinski definition) is 2. The number of halogens is 4. The second-order valence-corrected chi connectivity index (χ2v) is 11.2. The summed E-state index contributed by atoms with van der Waals surface area (Å²) >= 11 is 12.9. The molecule has 0 spiro atoms. The number of aliphatic imine (C=N–C) groups is 1. The molecule has 0 fully saturated rings. The van der Waals surface area contributed by atoms with Gasteiger partial charge in [0, 0.05) is 63.3 Å². The van der Waals surface area contributed by atoms with Gasteiger partial charge in [0.1, 0.15) is 17.4 Å². The normalized spacial score (nSPS) is 17.1. The number of carbonyl (C=O) groups excluding carboxylic acids is 1. The smallest absolute Gasteiger partial charge is 0.252 e. The zero-order valence-electron chi connectivity index (χ0n) is 24.2. The molecular formula is C33H27Cl2F2N5O4. The number of benzene rings is 4. The highest BCUT2D eigenvalue weighted by atomic mass is 35.5. The Morgan fingerprint density at radius 3 is 2.59 bits per heavy atom. The van der Waals surface area contributed by atoms with Crippen LogP contribution in [0.5, 0.6) is 5.75 Å². The number of rotatable bonds is 12. The summed E-state index contributed by atoms with van der Waals surface area (Å²) in [5.41, 5.74) is 9.01. The highest BCUT2D eigenvalue weighted by Gasteiger charge is 2.54. The van der Waals surface area contributed by atoms with Crippen molar-refractivity contribution in [3.63, 3.8) is 0 Å². The summed E-state index contributed by atoms with van der Waals surface area (Å²) in [6.07, 6.45) is -0.797. The number of azide groups is 1. The van der Waals surface area contributed by atoms with E-state index in [2.05, 4.69) is 15.3 Å². The predicted octanol–water partition coefficient (Wildman–Crippen LogP) is 7.79. The molecule has 0 unspecified atom stereocenters. The number of aliphatic hydroxyl groups excluding tert-OH is 1. The molecule has 9 nitrogen and oxygen atoms in total. The van der Waals surface area contributed by atoms with Gasteiger partial charge in [0.25, 0.3) is 5.91 Å². The van der Waals surface area contributed by atoms with Crippen molar-refractivity contribution < 1.29 is 28.2 Å². The number of nitrogens with one attached hydrogen (secondary N) is 1. The third-order valence-electron chi connectivity index (χ3n) is 7.33. The van der Waals surface area contributed by atoms with Gasteiger partial charge in [-0.25, -0.2) is 13.8 Å². The van der Waals surface area contributed by atoms with Crippen molar-refractivity contribution in [1.82, 2.24) is 5.32 Å². The fraction of sp³-hybridized carbons (Fsp3) is 0.212. The summed E-state index contributed by atoms with van der Waals surface area (Å²) in [6.45, 7) is -0.0334. The first-order valence-corrected chi connectivity index (χ1v) is 14.9. The van der Waals surface area contributed by atoms with E-state index < -0.39 is 29.2 Å². The van der Waals surface area contributed by atoms with Gasteiger partial charge in [0.05, 0.1) is 6.61 Å². The number of carbonyl (C=O) groups is 1. The van der Waals surface area contributed by atoms with Crippen molar-refractivity contribution in [1.29, 1.82) is 0 Å². The van der Waals surface area contributed by atoms with Crippen LogP contribution in [-0.2, 0) is 22.5 Å². The summed E-state index contributed by atoms with van der Waals surface area (Å²) in [5, 5.41) is 16.1. The number of nitrogens with zero attached hydrogens (tertiary/aromatic N) is 4. The van der Waals surface area contributed by atoms with Gasteiger partial charge >= 0.3 is 0 Å². The van der Waals surface area contributed by atoms with Gasteiger partial charge in [-0.1, -0.05) is 58.6 Å². The van der Waals surface area contributed by atoms with Crippen LogP contribution in [0.15, 0.2) is 95.0 Å². The van der Waals surface area contributed by atoms with Crippen molar-refractivity contribution in [2.45, 2.75) is 31.0 Å². The Labute approximate surface area is 273 Å². The maximum atomic E-state index is 14.6. The largest absolute Gasteiger partial charge is 0.494 e. The molecule has 0 aromatic heterocycles. The van der Waals surface area contributed by atoms with Crippen LogP contribution in [0.1, 0.15) is 34.8 Å². The van der Waals surface area contributed by atoms with Crippen molar-refractivity contribution in [3.05, 3.63) is 139 Å². The third kappa shape index (κ3) is 7.24. The molecule has 13 heteroatoms. The number of ether oxygens (including phenoxy) is 2. The lowest BCUT2D eigenvalue weighted by molar-refractivity contribution is -0.129. The maximum absolute atomic E-state index is 14.6. The summed E-state index contributed by atoms with van der Waals surface area (Å²) in [4.78, 5) is 22.2. The van der Waals surface area contributed by atoms with Gasteiger partial charge < -0.3 is 19.9 Å². The first-order valence-electron chi connectivity index (χ1n) is 14.1. The van der Waals surface area contributed by atoms with Crippen LogP contribution in [0.3, 0.4) is 0 Å². The number of amides is 1. The van der Waals surface area contributed by atoms with Crippen molar-refractivity contribution in [2.75, 3.05) is 13.2 Å². The molecule has 2 N–H and O–H groups in total. The molecule has 1 amide bonds. The van der Waals surface area contributed by atoms with Crippen LogP contribution in [0, 0.1) is 11.6 Å². The lowest BCUT2D eigenvalue weighted by Gasteiger charge is -2.31. The average molecular weight is 667 g/mol. The van der Waals surface area contributed by atoms with Gasteiger partial charge in [-0.05, 0) is 65.7 Å². The molecule has 0 saturated carbocycles. The lowest BCUT2D eigenvalue weighted by Crippen LogP contribution is -2.49. The van der Waals surface area contributed by atoms with E-state index in [0.717, 1.165) is 18.2 Å². The Hall–Kier alpha value is -4.67. The molecule has 0 saturated heterocycles. The summed E-state index contributed by atoms with van der Waals surface area (Å²) < 4.78 is 40.6. The zero-order valence-corrected chi connectivity index (χ0v) is 25.7. The average Bonchev–Trinajstić information content (AvgIpc) is 3.43. The van der Waals surface area contributed by atoms with E-state index in [1.54, 1.807) is 60.7 Å². The summed E-state index contributed by atoms with van der Waals surface area (Å²) in [5.74, 6) is -1.39. The molecule has 1 aliphatic heterocycles. The Balaban J connectivity index is 1.63. The van der Waals surface area contributed by atoms with E-state index >= 15 is 0 Å². The molecule has 0 radical (unpaired) electrons. The number of hydrogen-bond acceptors (Lipinski definition) is 6. The van der Waals surface area contributed by atoms with E-state index in [0.29, 0.717) is 40.5 Å². The maximum Gasteiger partial charge on any atom is 0.252 e. The van der Waals surface area contributed by atoms with Crippen LogP contribution in [0.2, 0.25) is 10.0 Å². The van der Waals surface area contributed by atoms with Crippen LogP contribution in [-0.4, -0.2) is 35.7 Å². The lowest BCUT2D eigenvalue weighted by atomic mass is 9.81. The molecule has 5 rings (SSSR count). The second kappa shape index (κ2) is 14.6. The van der Waals surface area contributed by atoms with Gasteiger partial charge in [-0.3, -0.25) is 4.79 Å². The molecule has 0 bridgehead atoms. The molecule has 236 valence electrons. The Bertz CT molecular complexity index is 1820. The van der Waals surface area contributed by atoms with Crippen molar-refractivity contribution in [3.8, 4) is 5.75 Å². The molecule has 0 aliphatic carbocycles. The number of aliphatic hydroxyl groups is 1. The van der Waals surface area contributed by atoms with Crippen molar-refractivity contribution in [2.24, 2.45) is 10.1 Å². The van der Waals surface area contributed by atoms with Crippen LogP contribution < -0.4 is 10.1 Å². The van der Waals surface area contributed by atoms with Gasteiger partial charge in [0.2, 0.25) is 5.90 Å². The van der Waals surface area contributed by atoms with Gasteiger partial charge in [0.15, 0.2) is 11.6 Å². The van der Waals surface area contributed by atoms with Crippen LogP contribution >= 0.6 is 23.2 Å². The van der Waals surface area contributed by atoms with Crippen LogP contribution in [0.4, 0.5) is 14.5 Å². The highest BCUT2D eigenvalue weighted by Crippen LogP contribution is 2.46. The van der Waals surface area contributed by atoms with E-state index in [1.807, 2.05) is 0 Å². The Morgan fingerprint density at radius 1 is 1.07 bits per heavy atom. The van der Waals surface area contributed by atoms with E-state index in [-0.39, 0.29) is 41.7 Å². The monoisotopic (exact) mass is 665 g/mol. The summed E-state index contributed by atoms with van der Waals surface area (Å²) in [6, 6.07) is 21.2. The minimum atomic E-state index is -1.78. The second-order valence-electron chi connectivity index (χ2n) is 10.4. The minimum absolute atomic E-state index is 0.00379. The van der Waals surface area contributed by atoms with E-state index in [4.69, 9.17) is 42.8 Å². The van der Waals surface area contributed by atoms with Crippen LogP contribution in [0.25, 0.3) is 10.4 Å². The predicted molar refractivity (Wildman–Crippen MR) is 170 cm³/mol. The quantitative estimate of drug-likeness (QED) is 0.0692. The van der Waals surface area contributed by atoms with E-state index in [1.165, 1.54) is 6.07 Å². The SMILES string of the molecule is [N-]=[N+]=Nc1ccccc1C[C@@]1(C(=O)NCc2cc(F)ccc2F)N=C(c2ccc(OCCCO)cc2)O[C@@H]1c1ccc(Cl)cc1Cl. The fourth-order valence-corrected chi connectivity index (χ4v) is 5.58. The first kappa shape index (κ1) is 32.7. The zero-order chi connectivity index (χ0) is 32.7. The topological polar surface area (TPSA) is 129 Å². The fourth-order valence-electron chi connectivity index (χ4n) is 5.08. The molecule has 2 atom stereocenters. The van der Waals surface area contributed by atoms with Gasteiger partial charge in [-0.15, -0.1) is 0 Å². The molecule has 1 heterocycles. The molecule has 4 aromatic rings. The molecule has 1 aliphatic rings. The minimum Gasteiger partial charge on any atom is -0.494 e. The molecule has 4 aromatic carbocycles. The Kier molecular flexibility index (Phi) is 10.4. The van der Waals surface area contributed by atoms with Gasteiger partial charge in [-0.2, -0.15) is 0 Å². The molecule has 46 heavy (non-hydrogen) atoms. The first-order chi connectivity index (χ1) is 22.2. The van der Waals surface area contributed by atoms with Crippen molar-refractivity contribution >= 4 is 40.7 Å². The standard InChI is InChI=1S/C33H27Cl2F2N5O4/c34-23-8-12-26(27(35)17-23)30-33(18-21-4-1-2-5-29(21)41-42-38,32(44)39-19-22-16-24(36)9-13-28(22)37)40-31(46-30)20-6-10-25(11-7-20)45-15-3-14-43/h1-2,4-13,16-17,30,43H,3,14-15,18-19H2,(H,39,44)/t30-,33-/m1/s1. The van der Waals surface area contributed by atoms with E-state index in [9.17, 15) is 19.1 Å². The Morgan fingerprint density at radius 2 is 1.85 bits per heavy atom. The third-order valence-corrected chi connectivity index (χ3v) is 7.89. The summed E-state index contributed by atoms with van der Waals surface area (Å²) in [7, 11) is 0. The molecular weight excluding hydrogens is 639 g/mol.